The van der Waals surface area contributed by atoms with E-state index in [0.29, 0.717) is 12.1 Å². The van der Waals surface area contributed by atoms with Gasteiger partial charge in [-0.15, -0.1) is 0 Å². The molecule has 2 aromatic carbocycles. The van der Waals surface area contributed by atoms with Crippen molar-refractivity contribution < 1.29 is 4.39 Å². The summed E-state index contributed by atoms with van der Waals surface area (Å²) < 4.78 is 13.0. The van der Waals surface area contributed by atoms with E-state index in [2.05, 4.69) is 33.8 Å². The molecule has 1 heterocycles. The van der Waals surface area contributed by atoms with Gasteiger partial charge >= 0.3 is 0 Å². The summed E-state index contributed by atoms with van der Waals surface area (Å²) in [5.41, 5.74) is 6.74. The largest absolute Gasteiger partial charge is 0.357 e. The van der Waals surface area contributed by atoms with Gasteiger partial charge in [-0.05, 0) is 86.0 Å². The van der Waals surface area contributed by atoms with Crippen LogP contribution < -0.4 is 10.6 Å². The Morgan fingerprint density at radius 3 is 2.55 bits per heavy atom. The fourth-order valence-electron chi connectivity index (χ4n) is 5.46. The van der Waals surface area contributed by atoms with Gasteiger partial charge in [-0.3, -0.25) is 0 Å². The van der Waals surface area contributed by atoms with Crippen LogP contribution in [0.3, 0.4) is 0 Å². The van der Waals surface area contributed by atoms with Crippen LogP contribution in [0.15, 0.2) is 42.5 Å². The number of hydrogen-bond donors (Lipinski definition) is 3. The molecule has 0 spiro atoms. The zero-order chi connectivity index (χ0) is 21.0. The Labute approximate surface area is 184 Å². The molecule has 0 aliphatic heterocycles. The summed E-state index contributed by atoms with van der Waals surface area (Å²) in [6.45, 7) is 1.75. The van der Waals surface area contributed by atoms with Gasteiger partial charge in [-0.1, -0.05) is 37.5 Å². The van der Waals surface area contributed by atoms with Crippen molar-refractivity contribution in [2.24, 2.45) is 0 Å². The second-order valence-corrected chi connectivity index (χ2v) is 9.40. The van der Waals surface area contributed by atoms with Gasteiger partial charge in [0.1, 0.15) is 5.82 Å². The lowest BCUT2D eigenvalue weighted by Gasteiger charge is -2.31. The van der Waals surface area contributed by atoms with E-state index in [1.165, 1.54) is 96.8 Å². The van der Waals surface area contributed by atoms with E-state index in [-0.39, 0.29) is 5.82 Å². The van der Waals surface area contributed by atoms with E-state index in [1.807, 2.05) is 12.1 Å². The number of benzene rings is 2. The highest BCUT2D eigenvalue weighted by Gasteiger charge is 2.26. The minimum atomic E-state index is -0.170. The first kappa shape index (κ1) is 20.7. The van der Waals surface area contributed by atoms with Crippen molar-refractivity contribution in [2.45, 2.75) is 76.4 Å². The van der Waals surface area contributed by atoms with E-state index in [1.54, 1.807) is 0 Å². The first-order valence-corrected chi connectivity index (χ1v) is 12.1. The van der Waals surface area contributed by atoms with Crippen LogP contribution >= 0.6 is 0 Å². The molecule has 31 heavy (non-hydrogen) atoms. The van der Waals surface area contributed by atoms with Crippen LogP contribution in [0.4, 0.5) is 4.39 Å². The molecule has 1 fully saturated rings. The van der Waals surface area contributed by atoms with Crippen LogP contribution in [-0.4, -0.2) is 17.6 Å². The minimum absolute atomic E-state index is 0.170. The molecular formula is C27H34FN3. The molecule has 0 saturated heterocycles. The predicted molar refractivity (Wildman–Crippen MR) is 126 cm³/mol. The Morgan fingerprint density at radius 2 is 1.71 bits per heavy atom. The fourth-order valence-corrected chi connectivity index (χ4v) is 5.46. The normalized spacial score (nSPS) is 19.6. The van der Waals surface area contributed by atoms with E-state index >= 15 is 0 Å². The van der Waals surface area contributed by atoms with Crippen LogP contribution in [-0.2, 0) is 19.4 Å². The third kappa shape index (κ3) is 4.86. The lowest BCUT2D eigenvalue weighted by Crippen LogP contribution is -2.36. The zero-order valence-electron chi connectivity index (χ0n) is 18.4. The van der Waals surface area contributed by atoms with Gasteiger partial charge in [0.25, 0.3) is 0 Å². The number of halogens is 1. The smallest absolute Gasteiger partial charge is 0.123 e. The molecule has 0 bridgehead atoms. The number of hydrogen-bond acceptors (Lipinski definition) is 2. The van der Waals surface area contributed by atoms with Gasteiger partial charge in [0, 0.05) is 35.2 Å². The number of fused-ring (bicyclic) bond motifs is 3. The average molecular weight is 420 g/mol. The molecule has 1 saturated carbocycles. The Balaban J connectivity index is 1.24. The van der Waals surface area contributed by atoms with E-state index in [9.17, 15) is 4.39 Å². The maximum absolute atomic E-state index is 13.0. The summed E-state index contributed by atoms with van der Waals surface area (Å²) in [6.07, 6.45) is 11.4. The third-order valence-electron chi connectivity index (χ3n) is 7.15. The number of rotatable bonds is 7. The number of nitrogens with one attached hydrogen (secondary N) is 3. The molecule has 2 aliphatic rings. The second-order valence-electron chi connectivity index (χ2n) is 9.40. The Bertz CT molecular complexity index is 1000. The maximum atomic E-state index is 13.0. The van der Waals surface area contributed by atoms with Crippen molar-refractivity contribution in [3.8, 4) is 0 Å². The predicted octanol–water partition coefficient (Wildman–Crippen LogP) is 5.94. The van der Waals surface area contributed by atoms with E-state index < -0.39 is 0 Å². The lowest BCUT2D eigenvalue weighted by atomic mass is 9.89. The Kier molecular flexibility index (Phi) is 6.37. The third-order valence-corrected chi connectivity index (χ3v) is 7.15. The lowest BCUT2D eigenvalue weighted by molar-refractivity contribution is 0.318. The molecule has 2 aliphatic carbocycles. The summed E-state index contributed by atoms with van der Waals surface area (Å²) in [6, 6.07) is 14.8. The topological polar surface area (TPSA) is 39.9 Å². The van der Waals surface area contributed by atoms with Crippen molar-refractivity contribution in [3.05, 3.63) is 70.7 Å². The molecule has 3 N–H and O–H groups in total. The molecule has 3 aromatic rings. The molecule has 4 heteroatoms. The number of H-pyrrole nitrogens is 1. The molecule has 164 valence electrons. The minimum Gasteiger partial charge on any atom is -0.357 e. The maximum Gasteiger partial charge on any atom is 0.123 e. The van der Waals surface area contributed by atoms with Gasteiger partial charge < -0.3 is 15.6 Å². The average Bonchev–Trinajstić information content (AvgIpc) is 3.18. The first-order valence-electron chi connectivity index (χ1n) is 12.1. The van der Waals surface area contributed by atoms with Gasteiger partial charge in [0.05, 0.1) is 0 Å². The number of aromatic amines is 1. The summed E-state index contributed by atoms with van der Waals surface area (Å²) in [7, 11) is 0. The Hall–Kier alpha value is -2.17. The van der Waals surface area contributed by atoms with Crippen LogP contribution in [0.5, 0.6) is 0 Å². The molecular weight excluding hydrogens is 385 g/mol. The SMILES string of the molecule is Fc1ccc(CCNCc2ccc3[nH]c4c(c3c2)CCCC4NC2CCCCC2)cc1. The van der Waals surface area contributed by atoms with Gasteiger partial charge in [-0.2, -0.15) is 0 Å². The molecule has 1 unspecified atom stereocenters. The standard InChI is InChI=1S/C27H34FN3/c28-21-12-9-19(10-13-21)15-16-29-18-20-11-14-25-24(17-20)23-7-4-8-26(27(23)31-25)30-22-5-2-1-3-6-22/h9-14,17,22,26,29-31H,1-8,15-16,18H2. The second kappa shape index (κ2) is 9.54. The van der Waals surface area contributed by atoms with Gasteiger partial charge in [0.2, 0.25) is 0 Å². The van der Waals surface area contributed by atoms with Crippen molar-refractivity contribution in [2.75, 3.05) is 6.54 Å². The van der Waals surface area contributed by atoms with Gasteiger partial charge in [0.15, 0.2) is 0 Å². The van der Waals surface area contributed by atoms with Crippen LogP contribution in [0.25, 0.3) is 10.9 Å². The van der Waals surface area contributed by atoms with Crippen molar-refractivity contribution in [1.29, 1.82) is 0 Å². The van der Waals surface area contributed by atoms with Crippen molar-refractivity contribution in [3.63, 3.8) is 0 Å². The van der Waals surface area contributed by atoms with Crippen LogP contribution in [0, 0.1) is 5.82 Å². The zero-order valence-corrected chi connectivity index (χ0v) is 18.4. The highest BCUT2D eigenvalue weighted by molar-refractivity contribution is 5.85. The van der Waals surface area contributed by atoms with Crippen LogP contribution in [0.2, 0.25) is 0 Å². The number of aromatic nitrogens is 1. The molecule has 1 aromatic heterocycles. The molecule has 1 atom stereocenters. The van der Waals surface area contributed by atoms with Crippen molar-refractivity contribution in [1.82, 2.24) is 15.6 Å². The Morgan fingerprint density at radius 1 is 0.903 bits per heavy atom. The first-order chi connectivity index (χ1) is 15.3. The van der Waals surface area contributed by atoms with E-state index in [4.69, 9.17) is 0 Å². The van der Waals surface area contributed by atoms with Crippen molar-refractivity contribution >= 4 is 10.9 Å². The number of aryl methyl sites for hydroxylation is 1. The molecule has 3 nitrogen and oxygen atoms in total. The fraction of sp³-hybridized carbons (Fsp3) is 0.481. The van der Waals surface area contributed by atoms with Crippen LogP contribution in [0.1, 0.15) is 73.4 Å². The highest BCUT2D eigenvalue weighted by atomic mass is 19.1. The quantitative estimate of drug-likeness (QED) is 0.415. The monoisotopic (exact) mass is 419 g/mol. The summed E-state index contributed by atoms with van der Waals surface area (Å²) in [4.78, 5) is 3.76. The summed E-state index contributed by atoms with van der Waals surface area (Å²) >= 11 is 0. The summed E-state index contributed by atoms with van der Waals surface area (Å²) in [5, 5.41) is 8.94. The molecule has 0 amide bonds. The molecule has 0 radical (unpaired) electrons. The van der Waals surface area contributed by atoms with E-state index in [0.717, 1.165) is 19.5 Å². The summed E-state index contributed by atoms with van der Waals surface area (Å²) in [5.74, 6) is -0.170. The van der Waals surface area contributed by atoms with Gasteiger partial charge in [-0.25, -0.2) is 4.39 Å². The molecule has 5 rings (SSSR count). The highest BCUT2D eigenvalue weighted by Crippen LogP contribution is 2.36.